The summed E-state index contributed by atoms with van der Waals surface area (Å²) >= 11 is 1.72. The molecule has 5 heteroatoms. The number of hydrogen-bond acceptors (Lipinski definition) is 4. The summed E-state index contributed by atoms with van der Waals surface area (Å²) in [6.07, 6.45) is 0. The SMILES string of the molecule is COP(O)C1(C)NCCS1. The molecule has 1 fully saturated rings. The summed E-state index contributed by atoms with van der Waals surface area (Å²) in [5.41, 5.74) is 0. The maximum absolute atomic E-state index is 9.38. The highest BCUT2D eigenvalue weighted by molar-refractivity contribution is 8.06. The predicted octanol–water partition coefficient (Wildman–Crippen LogP) is 0.947. The summed E-state index contributed by atoms with van der Waals surface area (Å²) in [4.78, 5) is 9.38. The standard InChI is InChI=1S/C5H12NO2PS/c1-5(9(7)8-2)6-3-4-10-5/h6-7H,3-4H2,1-2H3. The molecule has 2 N–H and O–H groups in total. The third kappa shape index (κ3) is 1.63. The van der Waals surface area contributed by atoms with Crippen LogP contribution in [0, 0.1) is 0 Å². The number of nitrogens with one attached hydrogen (secondary N) is 1. The van der Waals surface area contributed by atoms with Crippen molar-refractivity contribution in [2.75, 3.05) is 19.4 Å². The van der Waals surface area contributed by atoms with Gasteiger partial charge in [0.05, 0.1) is 0 Å². The first-order valence-electron chi connectivity index (χ1n) is 3.11. The van der Waals surface area contributed by atoms with Crippen molar-refractivity contribution >= 4 is 20.1 Å². The molecule has 0 aliphatic carbocycles. The highest BCUT2D eigenvalue weighted by Crippen LogP contribution is 2.52. The molecule has 0 aromatic heterocycles. The van der Waals surface area contributed by atoms with Gasteiger partial charge in [-0.05, 0) is 6.92 Å². The molecule has 10 heavy (non-hydrogen) atoms. The van der Waals surface area contributed by atoms with Gasteiger partial charge < -0.3 is 9.42 Å². The van der Waals surface area contributed by atoms with Crippen molar-refractivity contribution in [1.82, 2.24) is 5.32 Å². The topological polar surface area (TPSA) is 41.5 Å². The first kappa shape index (κ1) is 8.75. The number of thioether (sulfide) groups is 1. The van der Waals surface area contributed by atoms with Crippen LogP contribution in [0.15, 0.2) is 0 Å². The van der Waals surface area contributed by atoms with E-state index in [0.717, 1.165) is 12.3 Å². The Morgan fingerprint density at radius 2 is 2.50 bits per heavy atom. The molecule has 1 saturated heterocycles. The van der Waals surface area contributed by atoms with E-state index in [9.17, 15) is 4.89 Å². The molecule has 0 amide bonds. The van der Waals surface area contributed by atoms with E-state index in [1.165, 1.54) is 7.11 Å². The second-order valence-electron chi connectivity index (χ2n) is 2.21. The molecule has 0 bridgehead atoms. The largest absolute Gasteiger partial charge is 0.348 e. The second-order valence-corrected chi connectivity index (χ2v) is 5.84. The molecule has 1 heterocycles. The van der Waals surface area contributed by atoms with E-state index in [1.807, 2.05) is 6.92 Å². The summed E-state index contributed by atoms with van der Waals surface area (Å²) in [5.74, 6) is 1.05. The van der Waals surface area contributed by atoms with Gasteiger partial charge >= 0.3 is 0 Å². The van der Waals surface area contributed by atoms with E-state index in [4.69, 9.17) is 4.52 Å². The molecule has 2 unspecified atom stereocenters. The van der Waals surface area contributed by atoms with Gasteiger partial charge in [0.2, 0.25) is 0 Å². The Labute approximate surface area is 66.4 Å². The van der Waals surface area contributed by atoms with Crippen LogP contribution < -0.4 is 5.32 Å². The van der Waals surface area contributed by atoms with Crippen LogP contribution in [0.2, 0.25) is 0 Å². The summed E-state index contributed by atoms with van der Waals surface area (Å²) in [6, 6.07) is 0. The molecule has 2 atom stereocenters. The van der Waals surface area contributed by atoms with Crippen LogP contribution in [0.25, 0.3) is 0 Å². The fraction of sp³-hybridized carbons (Fsp3) is 1.00. The Balaban J connectivity index is 2.49. The Bertz CT molecular complexity index is 118. The maximum Gasteiger partial charge on any atom is 0.200 e. The zero-order valence-corrected chi connectivity index (χ0v) is 7.84. The lowest BCUT2D eigenvalue weighted by Crippen LogP contribution is -2.31. The van der Waals surface area contributed by atoms with Crippen LogP contribution in [-0.2, 0) is 4.52 Å². The van der Waals surface area contributed by atoms with Crippen molar-refractivity contribution in [1.29, 1.82) is 0 Å². The highest BCUT2D eigenvalue weighted by atomic mass is 32.2. The quantitative estimate of drug-likeness (QED) is 0.622. The molecule has 0 radical (unpaired) electrons. The molecule has 0 spiro atoms. The average molecular weight is 181 g/mol. The van der Waals surface area contributed by atoms with E-state index in [0.29, 0.717) is 0 Å². The predicted molar refractivity (Wildman–Crippen MR) is 45.0 cm³/mol. The number of rotatable bonds is 2. The van der Waals surface area contributed by atoms with Crippen molar-refractivity contribution in [3.8, 4) is 0 Å². The zero-order chi connectivity index (χ0) is 7.61. The first-order chi connectivity index (χ1) is 4.69. The second kappa shape index (κ2) is 3.37. The molecule has 0 aromatic carbocycles. The van der Waals surface area contributed by atoms with E-state index in [-0.39, 0.29) is 4.61 Å². The fourth-order valence-electron chi connectivity index (χ4n) is 0.881. The third-order valence-corrected chi connectivity index (χ3v) is 4.68. The maximum atomic E-state index is 9.38. The Kier molecular flexibility index (Phi) is 2.95. The molecule has 1 rings (SSSR count). The smallest absolute Gasteiger partial charge is 0.200 e. The molecule has 0 saturated carbocycles. The van der Waals surface area contributed by atoms with Gasteiger partial charge in [-0.2, -0.15) is 0 Å². The van der Waals surface area contributed by atoms with Gasteiger partial charge in [-0.1, -0.05) is 0 Å². The van der Waals surface area contributed by atoms with E-state index in [2.05, 4.69) is 5.32 Å². The molecule has 0 aromatic rings. The third-order valence-electron chi connectivity index (χ3n) is 1.48. The summed E-state index contributed by atoms with van der Waals surface area (Å²) < 4.78 is 4.64. The van der Waals surface area contributed by atoms with Gasteiger partial charge in [-0.15, -0.1) is 11.8 Å². The first-order valence-corrected chi connectivity index (χ1v) is 5.31. The van der Waals surface area contributed by atoms with Gasteiger partial charge in [-0.25, -0.2) is 0 Å². The lowest BCUT2D eigenvalue weighted by molar-refractivity contribution is 0.370. The van der Waals surface area contributed by atoms with Crippen molar-refractivity contribution in [2.24, 2.45) is 0 Å². The number of hydrogen-bond donors (Lipinski definition) is 2. The fourth-order valence-corrected chi connectivity index (χ4v) is 3.22. The van der Waals surface area contributed by atoms with E-state index < -0.39 is 8.38 Å². The minimum Gasteiger partial charge on any atom is -0.348 e. The highest BCUT2D eigenvalue weighted by Gasteiger charge is 2.37. The van der Waals surface area contributed by atoms with Crippen LogP contribution in [0.5, 0.6) is 0 Å². The van der Waals surface area contributed by atoms with Crippen LogP contribution in [0.3, 0.4) is 0 Å². The summed E-state index contributed by atoms with van der Waals surface area (Å²) in [5, 5.41) is 3.20. The van der Waals surface area contributed by atoms with E-state index in [1.54, 1.807) is 11.8 Å². The molecule has 1 aliphatic rings. The molecular formula is C5H12NO2PS. The van der Waals surface area contributed by atoms with Crippen molar-refractivity contribution < 1.29 is 9.42 Å². The minimum absolute atomic E-state index is 0.232. The minimum atomic E-state index is -1.31. The molecular weight excluding hydrogens is 169 g/mol. The zero-order valence-electron chi connectivity index (χ0n) is 6.13. The van der Waals surface area contributed by atoms with Gasteiger partial charge in [0.25, 0.3) is 0 Å². The molecule has 3 nitrogen and oxygen atoms in total. The lowest BCUT2D eigenvalue weighted by atomic mass is 10.7. The van der Waals surface area contributed by atoms with Crippen molar-refractivity contribution in [3.63, 3.8) is 0 Å². The van der Waals surface area contributed by atoms with Crippen LogP contribution in [-0.4, -0.2) is 28.9 Å². The van der Waals surface area contributed by atoms with Gasteiger partial charge in [0.15, 0.2) is 8.38 Å². The average Bonchev–Trinajstić information content (AvgIpc) is 2.36. The monoisotopic (exact) mass is 181 g/mol. The Morgan fingerprint density at radius 3 is 2.90 bits per heavy atom. The van der Waals surface area contributed by atoms with Gasteiger partial charge in [-0.3, -0.25) is 5.32 Å². The van der Waals surface area contributed by atoms with Gasteiger partial charge in [0.1, 0.15) is 4.61 Å². The molecule has 60 valence electrons. The van der Waals surface area contributed by atoms with Gasteiger partial charge in [0, 0.05) is 19.4 Å². The molecule has 1 aliphatic heterocycles. The van der Waals surface area contributed by atoms with E-state index >= 15 is 0 Å². The van der Waals surface area contributed by atoms with Crippen LogP contribution >= 0.6 is 20.1 Å². The van der Waals surface area contributed by atoms with Crippen LogP contribution in [0.1, 0.15) is 6.92 Å². The normalized spacial score (nSPS) is 36.3. The Morgan fingerprint density at radius 1 is 1.80 bits per heavy atom. The van der Waals surface area contributed by atoms with Crippen molar-refractivity contribution in [2.45, 2.75) is 11.5 Å². The summed E-state index contributed by atoms with van der Waals surface area (Å²) in [7, 11) is 0.230. The summed E-state index contributed by atoms with van der Waals surface area (Å²) in [6.45, 7) is 2.93. The lowest BCUT2D eigenvalue weighted by Gasteiger charge is -2.26. The van der Waals surface area contributed by atoms with Crippen molar-refractivity contribution in [3.05, 3.63) is 0 Å². The van der Waals surface area contributed by atoms with Crippen LogP contribution in [0.4, 0.5) is 0 Å². The Hall–Kier alpha value is 0.660.